The van der Waals surface area contributed by atoms with Crippen molar-refractivity contribution in [2.45, 2.75) is 12.3 Å². The van der Waals surface area contributed by atoms with Crippen molar-refractivity contribution in [2.75, 3.05) is 19.8 Å². The quantitative estimate of drug-likeness (QED) is 0.921. The van der Waals surface area contributed by atoms with Crippen molar-refractivity contribution in [2.24, 2.45) is 5.92 Å². The Kier molecular flexibility index (Phi) is 4.18. The average Bonchev–Trinajstić information content (AvgIpc) is 3.22. The first-order chi connectivity index (χ1) is 9.84. The van der Waals surface area contributed by atoms with Crippen molar-refractivity contribution >= 4 is 17.2 Å². The van der Waals surface area contributed by atoms with Crippen LogP contribution in [0.5, 0.6) is 0 Å². The third-order valence-corrected chi connectivity index (χ3v) is 4.54. The van der Waals surface area contributed by atoms with E-state index in [0.717, 1.165) is 12.2 Å². The molecule has 0 spiro atoms. The summed E-state index contributed by atoms with van der Waals surface area (Å²) < 4.78 is 10.8. The molecule has 0 aromatic carbocycles. The fourth-order valence-corrected chi connectivity index (χ4v) is 3.24. The normalized spacial score (nSPS) is 19.9. The Morgan fingerprint density at radius 1 is 1.45 bits per heavy atom. The molecule has 3 heterocycles. The molecule has 0 radical (unpaired) electrons. The van der Waals surface area contributed by atoms with Crippen LogP contribution in [-0.2, 0) is 9.53 Å². The minimum absolute atomic E-state index is 0.00409. The number of furan rings is 1. The zero-order valence-corrected chi connectivity index (χ0v) is 11.9. The highest BCUT2D eigenvalue weighted by atomic mass is 32.1. The molecule has 1 amide bonds. The topological polar surface area (TPSA) is 51.5 Å². The number of carbonyl (C=O) groups excluding carboxylic acids is 1. The molecule has 20 heavy (non-hydrogen) atoms. The number of ether oxygens (including phenoxy) is 1. The Balaban J connectivity index is 1.66. The average molecular weight is 291 g/mol. The number of carbonyl (C=O) groups is 1. The van der Waals surface area contributed by atoms with Crippen LogP contribution in [0.15, 0.2) is 40.3 Å². The summed E-state index contributed by atoms with van der Waals surface area (Å²) in [5, 5.41) is 5.07. The zero-order valence-electron chi connectivity index (χ0n) is 11.1. The van der Waals surface area contributed by atoms with Gasteiger partial charge < -0.3 is 14.5 Å². The lowest BCUT2D eigenvalue weighted by molar-refractivity contribution is -0.124. The molecule has 106 valence electrons. The van der Waals surface area contributed by atoms with Gasteiger partial charge in [0.15, 0.2) is 0 Å². The minimum Gasteiger partial charge on any atom is -0.469 e. The maximum atomic E-state index is 12.1. The molecule has 0 aliphatic carbocycles. The summed E-state index contributed by atoms with van der Waals surface area (Å²) in [7, 11) is 0. The van der Waals surface area contributed by atoms with Crippen molar-refractivity contribution in [3.8, 4) is 0 Å². The Bertz CT molecular complexity index is 495. The molecule has 0 bridgehead atoms. The second kappa shape index (κ2) is 6.24. The lowest BCUT2D eigenvalue weighted by atomic mass is 10.0. The fraction of sp³-hybridized carbons (Fsp3) is 0.400. The second-order valence-electron chi connectivity index (χ2n) is 4.89. The van der Waals surface area contributed by atoms with Crippen LogP contribution in [0.3, 0.4) is 0 Å². The van der Waals surface area contributed by atoms with E-state index in [-0.39, 0.29) is 17.7 Å². The van der Waals surface area contributed by atoms with E-state index >= 15 is 0 Å². The van der Waals surface area contributed by atoms with Crippen molar-refractivity contribution in [3.63, 3.8) is 0 Å². The molecular formula is C15H17NO3S. The summed E-state index contributed by atoms with van der Waals surface area (Å²) in [4.78, 5) is 13.3. The summed E-state index contributed by atoms with van der Waals surface area (Å²) in [5.74, 6) is 1.04. The largest absolute Gasteiger partial charge is 0.469 e. The maximum absolute atomic E-state index is 12.1. The van der Waals surface area contributed by atoms with Crippen LogP contribution in [0, 0.1) is 5.92 Å². The molecule has 4 nitrogen and oxygen atoms in total. The zero-order chi connectivity index (χ0) is 13.8. The summed E-state index contributed by atoms with van der Waals surface area (Å²) in [6.07, 6.45) is 2.48. The molecule has 1 aliphatic heterocycles. The van der Waals surface area contributed by atoms with Crippen LogP contribution >= 0.6 is 11.3 Å². The summed E-state index contributed by atoms with van der Waals surface area (Å²) in [6.45, 7) is 1.78. The van der Waals surface area contributed by atoms with E-state index in [1.807, 2.05) is 23.6 Å². The minimum atomic E-state index is -0.00409. The van der Waals surface area contributed by atoms with E-state index in [1.54, 1.807) is 17.6 Å². The van der Waals surface area contributed by atoms with Gasteiger partial charge in [0, 0.05) is 18.0 Å². The second-order valence-corrected chi connectivity index (χ2v) is 5.87. The van der Waals surface area contributed by atoms with Gasteiger partial charge in [-0.15, -0.1) is 11.3 Å². The molecule has 1 fully saturated rings. The monoisotopic (exact) mass is 291 g/mol. The molecule has 2 aromatic heterocycles. The predicted molar refractivity (Wildman–Crippen MR) is 76.8 cm³/mol. The van der Waals surface area contributed by atoms with Crippen LogP contribution in [-0.4, -0.2) is 25.7 Å². The van der Waals surface area contributed by atoms with Gasteiger partial charge in [-0.1, -0.05) is 6.07 Å². The third-order valence-electron chi connectivity index (χ3n) is 3.55. The van der Waals surface area contributed by atoms with Crippen LogP contribution < -0.4 is 5.32 Å². The van der Waals surface area contributed by atoms with E-state index in [1.165, 1.54) is 4.88 Å². The van der Waals surface area contributed by atoms with Crippen LogP contribution in [0.2, 0.25) is 0 Å². The van der Waals surface area contributed by atoms with E-state index in [0.29, 0.717) is 19.8 Å². The Labute approximate surface area is 121 Å². The lowest BCUT2D eigenvalue weighted by Gasteiger charge is -2.15. The molecular weight excluding hydrogens is 274 g/mol. The molecule has 2 atom stereocenters. The first-order valence-corrected chi connectivity index (χ1v) is 7.65. The molecule has 0 saturated carbocycles. The van der Waals surface area contributed by atoms with E-state index in [4.69, 9.17) is 9.15 Å². The SMILES string of the molecule is O=C(NC[C@H](c1ccco1)c1cccs1)[C@@H]1CCOC1. The van der Waals surface area contributed by atoms with Gasteiger partial charge in [-0.2, -0.15) is 0 Å². The first kappa shape index (κ1) is 13.4. The number of hydrogen-bond donors (Lipinski definition) is 1. The predicted octanol–water partition coefficient (Wildman–Crippen LogP) is 2.63. The van der Waals surface area contributed by atoms with Crippen molar-refractivity contribution < 1.29 is 13.9 Å². The fourth-order valence-electron chi connectivity index (χ4n) is 2.41. The van der Waals surface area contributed by atoms with Crippen molar-refractivity contribution in [1.82, 2.24) is 5.32 Å². The van der Waals surface area contributed by atoms with Crippen LogP contribution in [0.1, 0.15) is 23.0 Å². The molecule has 1 N–H and O–H groups in total. The number of amides is 1. The van der Waals surface area contributed by atoms with Gasteiger partial charge >= 0.3 is 0 Å². The molecule has 2 aromatic rings. The summed E-state index contributed by atoms with van der Waals surface area (Å²) >= 11 is 1.68. The van der Waals surface area contributed by atoms with Crippen LogP contribution in [0.25, 0.3) is 0 Å². The third kappa shape index (κ3) is 2.94. The molecule has 1 saturated heterocycles. The Morgan fingerprint density at radius 3 is 3.05 bits per heavy atom. The number of thiophene rings is 1. The van der Waals surface area contributed by atoms with E-state index in [2.05, 4.69) is 11.4 Å². The summed E-state index contributed by atoms with van der Waals surface area (Å²) in [5.41, 5.74) is 0. The van der Waals surface area contributed by atoms with Gasteiger partial charge in [-0.25, -0.2) is 0 Å². The standard InChI is InChI=1S/C15H17NO3S/c17-15(11-5-7-18-10-11)16-9-12(13-3-1-6-19-13)14-4-2-8-20-14/h1-4,6,8,11-12H,5,7,9-10H2,(H,16,17)/t11-,12-/m1/s1. The van der Waals surface area contributed by atoms with Gasteiger partial charge in [-0.3, -0.25) is 4.79 Å². The summed E-state index contributed by atoms with van der Waals surface area (Å²) in [6, 6.07) is 7.92. The number of rotatable bonds is 5. The molecule has 1 aliphatic rings. The van der Waals surface area contributed by atoms with Gasteiger partial charge in [0.05, 0.1) is 24.7 Å². The number of hydrogen-bond acceptors (Lipinski definition) is 4. The lowest BCUT2D eigenvalue weighted by Crippen LogP contribution is -2.34. The van der Waals surface area contributed by atoms with Crippen molar-refractivity contribution in [1.29, 1.82) is 0 Å². The first-order valence-electron chi connectivity index (χ1n) is 6.77. The van der Waals surface area contributed by atoms with Gasteiger partial charge in [-0.05, 0) is 30.0 Å². The van der Waals surface area contributed by atoms with Gasteiger partial charge in [0.2, 0.25) is 5.91 Å². The Morgan fingerprint density at radius 2 is 2.40 bits per heavy atom. The van der Waals surface area contributed by atoms with Gasteiger partial charge in [0.1, 0.15) is 5.76 Å². The molecule has 3 rings (SSSR count). The van der Waals surface area contributed by atoms with Crippen molar-refractivity contribution in [3.05, 3.63) is 46.5 Å². The highest BCUT2D eigenvalue weighted by Crippen LogP contribution is 2.28. The van der Waals surface area contributed by atoms with E-state index in [9.17, 15) is 4.79 Å². The smallest absolute Gasteiger partial charge is 0.225 e. The highest BCUT2D eigenvalue weighted by molar-refractivity contribution is 7.10. The number of nitrogens with one attached hydrogen (secondary N) is 1. The van der Waals surface area contributed by atoms with Gasteiger partial charge in [0.25, 0.3) is 0 Å². The van der Waals surface area contributed by atoms with E-state index < -0.39 is 0 Å². The Hall–Kier alpha value is -1.59. The molecule has 0 unspecified atom stereocenters. The maximum Gasteiger partial charge on any atom is 0.225 e. The molecule has 5 heteroatoms. The van der Waals surface area contributed by atoms with Crippen LogP contribution in [0.4, 0.5) is 0 Å². The highest BCUT2D eigenvalue weighted by Gasteiger charge is 2.25.